The molecule has 0 aliphatic heterocycles. The summed E-state index contributed by atoms with van der Waals surface area (Å²) >= 11 is 6.94. The zero-order chi connectivity index (χ0) is 13.6. The Balaban J connectivity index is 2.67. The Bertz CT molecular complexity index is 526. The van der Waals surface area contributed by atoms with Gasteiger partial charge in [-0.25, -0.2) is 13.1 Å². The molecule has 0 aliphatic carbocycles. The summed E-state index contributed by atoms with van der Waals surface area (Å²) in [6.07, 6.45) is 1.64. The van der Waals surface area contributed by atoms with Gasteiger partial charge >= 0.3 is 0 Å². The lowest BCUT2D eigenvalue weighted by molar-refractivity contribution is -0.116. The number of nitrogens with one attached hydrogen (secondary N) is 1. The summed E-state index contributed by atoms with van der Waals surface area (Å²) < 4.78 is 25.6. The van der Waals surface area contributed by atoms with Gasteiger partial charge in [-0.15, -0.1) is 18.3 Å². The van der Waals surface area contributed by atoms with E-state index in [0.29, 0.717) is 10.8 Å². The number of amides is 1. The zero-order valence-corrected chi connectivity index (χ0v) is 11.8. The average Bonchev–Trinajstić information content (AvgIpc) is 2.29. The van der Waals surface area contributed by atoms with Crippen LogP contribution in [0.2, 0.25) is 5.02 Å². The van der Waals surface area contributed by atoms with Crippen LogP contribution in [0.25, 0.3) is 0 Å². The molecular formula is C11H12ClNO3S2. The Hall–Kier alpha value is -0.980. The number of benzene rings is 1. The average molecular weight is 306 g/mol. The molecule has 1 rings (SSSR count). The molecule has 0 saturated heterocycles. The van der Waals surface area contributed by atoms with Crippen molar-refractivity contribution in [2.24, 2.45) is 0 Å². The quantitative estimate of drug-likeness (QED) is 0.645. The van der Waals surface area contributed by atoms with Crippen LogP contribution >= 0.6 is 23.4 Å². The van der Waals surface area contributed by atoms with E-state index in [4.69, 9.17) is 11.6 Å². The molecule has 7 heteroatoms. The summed E-state index contributed by atoms with van der Waals surface area (Å²) in [7, 11) is -3.81. The minimum atomic E-state index is -3.81. The van der Waals surface area contributed by atoms with Crippen LogP contribution < -0.4 is 4.72 Å². The van der Waals surface area contributed by atoms with Crippen molar-refractivity contribution in [1.29, 1.82) is 0 Å². The van der Waals surface area contributed by atoms with E-state index in [0.717, 1.165) is 0 Å². The molecule has 0 radical (unpaired) electrons. The van der Waals surface area contributed by atoms with E-state index in [1.807, 2.05) is 4.72 Å². The Morgan fingerprint density at radius 3 is 2.56 bits per heavy atom. The number of hydrogen-bond donors (Lipinski definition) is 1. The van der Waals surface area contributed by atoms with Gasteiger partial charge in [0.05, 0.1) is 10.6 Å². The predicted molar refractivity (Wildman–Crippen MR) is 74.3 cm³/mol. The van der Waals surface area contributed by atoms with Crippen molar-refractivity contribution in [3.8, 4) is 0 Å². The lowest BCUT2D eigenvalue weighted by Gasteiger charge is -2.06. The fraction of sp³-hybridized carbons (Fsp3) is 0.182. The molecule has 1 aromatic carbocycles. The first-order valence-electron chi connectivity index (χ1n) is 4.95. The van der Waals surface area contributed by atoms with Gasteiger partial charge < -0.3 is 0 Å². The fourth-order valence-corrected chi connectivity index (χ4v) is 2.83. The van der Waals surface area contributed by atoms with Crippen molar-refractivity contribution in [1.82, 2.24) is 4.72 Å². The third kappa shape index (κ3) is 4.72. The number of carbonyl (C=O) groups excluding carboxylic acids is 1. The molecule has 0 saturated carbocycles. The molecule has 1 N–H and O–H groups in total. The van der Waals surface area contributed by atoms with Crippen molar-refractivity contribution >= 4 is 39.3 Å². The van der Waals surface area contributed by atoms with E-state index in [1.54, 1.807) is 6.08 Å². The summed E-state index contributed by atoms with van der Waals surface area (Å²) in [5, 5.41) is 0.432. The molecule has 0 bridgehead atoms. The van der Waals surface area contributed by atoms with Crippen LogP contribution in [-0.4, -0.2) is 25.8 Å². The maximum atomic E-state index is 11.8. The monoisotopic (exact) mass is 305 g/mol. The van der Waals surface area contributed by atoms with Crippen LogP contribution in [0.3, 0.4) is 0 Å². The van der Waals surface area contributed by atoms with Crippen LogP contribution in [0, 0.1) is 0 Å². The molecule has 0 aromatic heterocycles. The van der Waals surface area contributed by atoms with Gasteiger partial charge in [0.25, 0.3) is 10.0 Å². The first kappa shape index (κ1) is 15.1. The Morgan fingerprint density at radius 2 is 2.00 bits per heavy atom. The summed E-state index contributed by atoms with van der Waals surface area (Å²) in [6.45, 7) is 3.50. The largest absolute Gasteiger partial charge is 0.273 e. The minimum Gasteiger partial charge on any atom is -0.273 e. The number of halogens is 1. The molecule has 0 fully saturated rings. The lowest BCUT2D eigenvalue weighted by atomic mass is 10.4. The molecule has 1 aromatic rings. The van der Waals surface area contributed by atoms with Crippen molar-refractivity contribution in [3.05, 3.63) is 41.9 Å². The van der Waals surface area contributed by atoms with Crippen LogP contribution in [0.1, 0.15) is 0 Å². The van der Waals surface area contributed by atoms with Gasteiger partial charge in [-0.3, -0.25) is 4.79 Å². The van der Waals surface area contributed by atoms with Crippen molar-refractivity contribution in [2.75, 3.05) is 11.5 Å². The second kappa shape index (κ2) is 6.82. The molecule has 0 spiro atoms. The highest BCUT2D eigenvalue weighted by Gasteiger charge is 2.16. The van der Waals surface area contributed by atoms with Gasteiger partial charge in [0.1, 0.15) is 0 Å². The van der Waals surface area contributed by atoms with E-state index in [2.05, 4.69) is 6.58 Å². The molecule has 1 amide bonds. The first-order chi connectivity index (χ1) is 8.45. The van der Waals surface area contributed by atoms with Crippen molar-refractivity contribution < 1.29 is 13.2 Å². The smallest absolute Gasteiger partial charge is 0.264 e. The standard InChI is InChI=1S/C11H12ClNO3S2/c1-2-7-17-8-11(14)13-18(15,16)10-5-3-9(12)4-6-10/h2-6H,1,7-8H2,(H,13,14). The number of rotatable bonds is 6. The molecule has 98 valence electrons. The normalized spacial score (nSPS) is 10.9. The molecular weight excluding hydrogens is 294 g/mol. The number of sulfonamides is 1. The molecule has 0 atom stereocenters. The Kier molecular flexibility index (Phi) is 5.71. The predicted octanol–water partition coefficient (Wildman–Crippen LogP) is 2.06. The fourth-order valence-electron chi connectivity index (χ4n) is 1.09. The number of hydrogen-bond acceptors (Lipinski definition) is 4. The molecule has 0 aliphatic rings. The summed E-state index contributed by atoms with van der Waals surface area (Å²) in [5.74, 6) is 0.101. The van der Waals surface area contributed by atoms with Gasteiger partial charge in [0.2, 0.25) is 5.91 Å². The highest BCUT2D eigenvalue weighted by molar-refractivity contribution is 8.00. The zero-order valence-electron chi connectivity index (χ0n) is 9.43. The topological polar surface area (TPSA) is 63.2 Å². The minimum absolute atomic E-state index is 0.00831. The second-order valence-electron chi connectivity index (χ2n) is 3.29. The van der Waals surface area contributed by atoms with Crippen LogP contribution in [0.4, 0.5) is 0 Å². The molecule has 4 nitrogen and oxygen atoms in total. The van der Waals surface area contributed by atoms with Crippen molar-refractivity contribution in [3.63, 3.8) is 0 Å². The van der Waals surface area contributed by atoms with Gasteiger partial charge in [-0.2, -0.15) is 0 Å². The van der Waals surface area contributed by atoms with E-state index < -0.39 is 15.9 Å². The van der Waals surface area contributed by atoms with Crippen LogP contribution in [-0.2, 0) is 14.8 Å². The van der Waals surface area contributed by atoms with Gasteiger partial charge in [-0.05, 0) is 24.3 Å². The molecule has 0 heterocycles. The number of carbonyl (C=O) groups is 1. The maximum absolute atomic E-state index is 11.8. The van der Waals surface area contributed by atoms with E-state index in [1.165, 1.54) is 36.0 Å². The van der Waals surface area contributed by atoms with Crippen LogP contribution in [0.15, 0.2) is 41.8 Å². The second-order valence-corrected chi connectivity index (χ2v) is 6.44. The van der Waals surface area contributed by atoms with Gasteiger partial charge in [0.15, 0.2) is 0 Å². The Morgan fingerprint density at radius 1 is 1.39 bits per heavy atom. The van der Waals surface area contributed by atoms with E-state index in [9.17, 15) is 13.2 Å². The van der Waals surface area contributed by atoms with E-state index in [-0.39, 0.29) is 10.6 Å². The third-order valence-electron chi connectivity index (χ3n) is 1.84. The number of thioether (sulfide) groups is 1. The highest BCUT2D eigenvalue weighted by Crippen LogP contribution is 2.13. The SMILES string of the molecule is C=CCSCC(=O)NS(=O)(=O)c1ccc(Cl)cc1. The van der Waals surface area contributed by atoms with Gasteiger partial charge in [0, 0.05) is 10.8 Å². The van der Waals surface area contributed by atoms with Gasteiger partial charge in [-0.1, -0.05) is 17.7 Å². The molecule has 18 heavy (non-hydrogen) atoms. The summed E-state index contributed by atoms with van der Waals surface area (Å²) in [4.78, 5) is 11.4. The Labute approximate surface area is 115 Å². The van der Waals surface area contributed by atoms with Crippen molar-refractivity contribution in [2.45, 2.75) is 4.90 Å². The maximum Gasteiger partial charge on any atom is 0.264 e. The molecule has 0 unspecified atom stereocenters. The summed E-state index contributed by atoms with van der Waals surface area (Å²) in [5.41, 5.74) is 0. The third-order valence-corrected chi connectivity index (χ3v) is 4.42. The first-order valence-corrected chi connectivity index (χ1v) is 7.97. The summed E-state index contributed by atoms with van der Waals surface area (Å²) in [6, 6.07) is 5.59. The van der Waals surface area contributed by atoms with Crippen LogP contribution in [0.5, 0.6) is 0 Å². The highest BCUT2D eigenvalue weighted by atomic mass is 35.5. The van der Waals surface area contributed by atoms with E-state index >= 15 is 0 Å². The lowest BCUT2D eigenvalue weighted by Crippen LogP contribution is -2.31.